The number of nitrogens with zero attached hydrogens (tertiary/aromatic N) is 1. The van der Waals surface area contributed by atoms with E-state index < -0.39 is 0 Å². The highest BCUT2D eigenvalue weighted by Gasteiger charge is 2.24. The van der Waals surface area contributed by atoms with E-state index in [4.69, 9.17) is 4.74 Å². The zero-order chi connectivity index (χ0) is 9.10. The largest absolute Gasteiger partial charge is 0.381 e. The normalized spacial score (nSPS) is 28.4. The average Bonchev–Trinajstić information content (AvgIpc) is 2.02. The summed E-state index contributed by atoms with van der Waals surface area (Å²) in [7, 11) is 0. The van der Waals surface area contributed by atoms with Gasteiger partial charge in [0.05, 0.1) is 0 Å². The first-order chi connectivity index (χ1) is 6.36. The van der Waals surface area contributed by atoms with Crippen LogP contribution in [-0.2, 0) is 4.74 Å². The SMILES string of the molecule is CC(CC1CCOCC1)N1CCC1. The van der Waals surface area contributed by atoms with E-state index >= 15 is 0 Å². The van der Waals surface area contributed by atoms with Crippen LogP contribution in [0.1, 0.15) is 32.6 Å². The van der Waals surface area contributed by atoms with Gasteiger partial charge in [-0.1, -0.05) is 0 Å². The van der Waals surface area contributed by atoms with Gasteiger partial charge in [0.1, 0.15) is 0 Å². The zero-order valence-electron chi connectivity index (χ0n) is 8.67. The van der Waals surface area contributed by atoms with Crippen molar-refractivity contribution in [2.75, 3.05) is 26.3 Å². The van der Waals surface area contributed by atoms with Crippen LogP contribution in [0.3, 0.4) is 0 Å². The van der Waals surface area contributed by atoms with E-state index in [0.717, 1.165) is 25.2 Å². The van der Waals surface area contributed by atoms with Gasteiger partial charge in [-0.25, -0.2) is 0 Å². The molecule has 0 N–H and O–H groups in total. The highest BCUT2D eigenvalue weighted by atomic mass is 16.5. The standard InChI is InChI=1S/C11H21NO/c1-10(12-5-2-6-12)9-11-3-7-13-8-4-11/h10-11H,2-9H2,1H3. The lowest BCUT2D eigenvalue weighted by atomic mass is 9.91. The molecule has 0 amide bonds. The van der Waals surface area contributed by atoms with Crippen LogP contribution in [0.25, 0.3) is 0 Å². The van der Waals surface area contributed by atoms with Gasteiger partial charge < -0.3 is 9.64 Å². The molecular weight excluding hydrogens is 162 g/mol. The predicted octanol–water partition coefficient (Wildman–Crippen LogP) is 1.90. The van der Waals surface area contributed by atoms with Crippen LogP contribution in [0.5, 0.6) is 0 Å². The Balaban J connectivity index is 1.69. The van der Waals surface area contributed by atoms with Crippen molar-refractivity contribution in [2.24, 2.45) is 5.92 Å². The van der Waals surface area contributed by atoms with Gasteiger partial charge in [-0.2, -0.15) is 0 Å². The van der Waals surface area contributed by atoms with Gasteiger partial charge in [0.15, 0.2) is 0 Å². The molecule has 2 rings (SSSR count). The Morgan fingerprint density at radius 1 is 1.31 bits per heavy atom. The molecule has 0 aromatic rings. The molecule has 0 aromatic carbocycles. The lowest BCUT2D eigenvalue weighted by Gasteiger charge is -2.38. The van der Waals surface area contributed by atoms with Gasteiger partial charge in [-0.15, -0.1) is 0 Å². The van der Waals surface area contributed by atoms with Crippen molar-refractivity contribution in [2.45, 2.75) is 38.6 Å². The Bertz CT molecular complexity index is 150. The van der Waals surface area contributed by atoms with E-state index in [-0.39, 0.29) is 0 Å². The summed E-state index contributed by atoms with van der Waals surface area (Å²) in [6.45, 7) is 7.05. The Kier molecular flexibility index (Phi) is 3.23. The second-order valence-electron chi connectivity index (χ2n) is 4.53. The lowest BCUT2D eigenvalue weighted by molar-refractivity contribution is 0.0438. The molecule has 0 saturated carbocycles. The number of likely N-dealkylation sites (tertiary alicyclic amines) is 1. The first-order valence-electron chi connectivity index (χ1n) is 5.68. The van der Waals surface area contributed by atoms with Crippen molar-refractivity contribution in [3.8, 4) is 0 Å². The first kappa shape index (κ1) is 9.47. The molecule has 13 heavy (non-hydrogen) atoms. The smallest absolute Gasteiger partial charge is 0.0468 e. The summed E-state index contributed by atoms with van der Waals surface area (Å²) in [6, 6.07) is 0.817. The second-order valence-corrected chi connectivity index (χ2v) is 4.53. The summed E-state index contributed by atoms with van der Waals surface area (Å²) in [5.74, 6) is 0.935. The van der Waals surface area contributed by atoms with Crippen LogP contribution in [0.2, 0.25) is 0 Å². The minimum atomic E-state index is 0.817. The Morgan fingerprint density at radius 3 is 2.54 bits per heavy atom. The molecule has 2 nitrogen and oxygen atoms in total. The van der Waals surface area contributed by atoms with E-state index in [9.17, 15) is 0 Å². The van der Waals surface area contributed by atoms with Gasteiger partial charge in [0.2, 0.25) is 0 Å². The highest BCUT2D eigenvalue weighted by molar-refractivity contribution is 4.78. The quantitative estimate of drug-likeness (QED) is 0.662. The third-order valence-corrected chi connectivity index (χ3v) is 3.53. The molecule has 2 aliphatic rings. The Hall–Kier alpha value is -0.0800. The van der Waals surface area contributed by atoms with E-state index in [0.29, 0.717) is 0 Å². The fraction of sp³-hybridized carbons (Fsp3) is 1.00. The molecule has 0 spiro atoms. The lowest BCUT2D eigenvalue weighted by Crippen LogP contribution is -2.44. The van der Waals surface area contributed by atoms with Crippen LogP contribution >= 0.6 is 0 Å². The second kappa shape index (κ2) is 4.43. The van der Waals surface area contributed by atoms with Gasteiger partial charge in [0.25, 0.3) is 0 Å². The van der Waals surface area contributed by atoms with Gasteiger partial charge >= 0.3 is 0 Å². The van der Waals surface area contributed by atoms with Gasteiger partial charge in [-0.05, 0) is 51.6 Å². The molecule has 2 fully saturated rings. The molecule has 1 atom stereocenters. The number of hydrogen-bond donors (Lipinski definition) is 0. The first-order valence-corrected chi connectivity index (χ1v) is 5.68. The van der Waals surface area contributed by atoms with E-state index in [1.807, 2.05) is 0 Å². The molecule has 2 heterocycles. The van der Waals surface area contributed by atoms with Gasteiger partial charge in [0, 0.05) is 19.3 Å². The summed E-state index contributed by atoms with van der Waals surface area (Å²) in [5.41, 5.74) is 0. The fourth-order valence-electron chi connectivity index (χ4n) is 2.40. The minimum Gasteiger partial charge on any atom is -0.381 e. The number of rotatable bonds is 3. The van der Waals surface area contributed by atoms with Crippen LogP contribution in [0.15, 0.2) is 0 Å². The summed E-state index contributed by atoms with van der Waals surface area (Å²) < 4.78 is 5.37. The molecule has 0 bridgehead atoms. The molecular formula is C11H21NO. The molecule has 2 saturated heterocycles. The number of hydrogen-bond acceptors (Lipinski definition) is 2. The monoisotopic (exact) mass is 183 g/mol. The van der Waals surface area contributed by atoms with Crippen molar-refractivity contribution < 1.29 is 4.74 Å². The van der Waals surface area contributed by atoms with Crippen LogP contribution in [0.4, 0.5) is 0 Å². The minimum absolute atomic E-state index is 0.817. The fourth-order valence-corrected chi connectivity index (χ4v) is 2.40. The van der Waals surface area contributed by atoms with Crippen molar-refractivity contribution in [1.29, 1.82) is 0 Å². The molecule has 1 unspecified atom stereocenters. The number of ether oxygens (including phenoxy) is 1. The maximum atomic E-state index is 5.37. The predicted molar refractivity (Wildman–Crippen MR) is 53.8 cm³/mol. The van der Waals surface area contributed by atoms with Crippen molar-refractivity contribution in [1.82, 2.24) is 4.90 Å². The molecule has 76 valence electrons. The third-order valence-electron chi connectivity index (χ3n) is 3.53. The third kappa shape index (κ3) is 2.44. The molecule has 0 aromatic heterocycles. The van der Waals surface area contributed by atoms with E-state index in [1.165, 1.54) is 38.8 Å². The van der Waals surface area contributed by atoms with Crippen molar-refractivity contribution in [3.63, 3.8) is 0 Å². The summed E-state index contributed by atoms with van der Waals surface area (Å²) in [6.07, 6.45) is 5.39. The molecule has 0 aliphatic carbocycles. The average molecular weight is 183 g/mol. The molecule has 2 aliphatic heterocycles. The maximum Gasteiger partial charge on any atom is 0.0468 e. The Morgan fingerprint density at radius 2 is 2.00 bits per heavy atom. The van der Waals surface area contributed by atoms with E-state index in [1.54, 1.807) is 0 Å². The van der Waals surface area contributed by atoms with Gasteiger partial charge in [-0.3, -0.25) is 0 Å². The van der Waals surface area contributed by atoms with Crippen molar-refractivity contribution >= 4 is 0 Å². The maximum absolute atomic E-state index is 5.37. The van der Waals surface area contributed by atoms with Crippen LogP contribution in [-0.4, -0.2) is 37.2 Å². The zero-order valence-corrected chi connectivity index (χ0v) is 8.67. The van der Waals surface area contributed by atoms with Crippen molar-refractivity contribution in [3.05, 3.63) is 0 Å². The summed E-state index contributed by atoms with van der Waals surface area (Å²) in [4.78, 5) is 2.61. The van der Waals surface area contributed by atoms with Crippen LogP contribution in [0, 0.1) is 5.92 Å². The summed E-state index contributed by atoms with van der Waals surface area (Å²) in [5, 5.41) is 0. The highest BCUT2D eigenvalue weighted by Crippen LogP contribution is 2.24. The van der Waals surface area contributed by atoms with E-state index in [2.05, 4.69) is 11.8 Å². The van der Waals surface area contributed by atoms with Crippen LogP contribution < -0.4 is 0 Å². The molecule has 2 heteroatoms. The Labute approximate surface area is 81.3 Å². The summed E-state index contributed by atoms with van der Waals surface area (Å²) >= 11 is 0. The molecule has 0 radical (unpaired) electrons. The topological polar surface area (TPSA) is 12.5 Å².